The Morgan fingerprint density at radius 3 is 2.75 bits per heavy atom. The zero-order chi connectivity index (χ0) is 13.8. The Kier molecular flexibility index (Phi) is 7.57. The Labute approximate surface area is 146 Å². The number of aliphatic hydroxyl groups excluding tert-OH is 1. The number of hydrogen-bond acceptors (Lipinski definition) is 3. The van der Waals surface area contributed by atoms with E-state index in [0.717, 1.165) is 36.7 Å². The van der Waals surface area contributed by atoms with Crippen LogP contribution in [0.15, 0.2) is 17.1 Å². The Hall–Kier alpha value is -0.0500. The molecule has 4 nitrogen and oxygen atoms in total. The summed E-state index contributed by atoms with van der Waals surface area (Å²) in [5.74, 6) is 1.30. The largest absolute Gasteiger partial charge is 0.386 e. The maximum absolute atomic E-state index is 9.99. The van der Waals surface area contributed by atoms with Gasteiger partial charge in [0.1, 0.15) is 6.10 Å². The predicted octanol–water partition coefficient (Wildman–Crippen LogP) is 3.10. The molecule has 1 atom stereocenters. The molecule has 1 aromatic rings. The van der Waals surface area contributed by atoms with Crippen molar-refractivity contribution in [2.24, 2.45) is 16.6 Å². The Balaban J connectivity index is 0.00000200. The van der Waals surface area contributed by atoms with Crippen molar-refractivity contribution in [2.45, 2.75) is 25.9 Å². The molecule has 1 aromatic heterocycles. The molecule has 1 unspecified atom stereocenters. The van der Waals surface area contributed by atoms with Crippen LogP contribution in [0.1, 0.15) is 30.7 Å². The van der Waals surface area contributed by atoms with Gasteiger partial charge in [-0.1, -0.05) is 18.5 Å². The van der Waals surface area contributed by atoms with Gasteiger partial charge in [0.25, 0.3) is 0 Å². The van der Waals surface area contributed by atoms with E-state index in [0.29, 0.717) is 10.3 Å². The first-order chi connectivity index (χ1) is 9.06. The Morgan fingerprint density at radius 1 is 1.55 bits per heavy atom. The van der Waals surface area contributed by atoms with Gasteiger partial charge in [0, 0.05) is 18.0 Å². The molecule has 1 aliphatic heterocycles. The van der Waals surface area contributed by atoms with E-state index in [4.69, 9.17) is 17.3 Å². The number of nitrogens with two attached hydrogens (primary N) is 1. The third-order valence-corrected chi connectivity index (χ3v) is 4.79. The van der Waals surface area contributed by atoms with Crippen LogP contribution in [-0.2, 0) is 0 Å². The van der Waals surface area contributed by atoms with Crippen molar-refractivity contribution in [2.75, 3.05) is 19.6 Å². The first kappa shape index (κ1) is 18.0. The van der Waals surface area contributed by atoms with Crippen molar-refractivity contribution in [1.29, 1.82) is 0 Å². The molecule has 0 spiro atoms. The highest BCUT2D eigenvalue weighted by Gasteiger charge is 2.17. The molecule has 1 aliphatic rings. The zero-order valence-corrected chi connectivity index (χ0v) is 15.4. The van der Waals surface area contributed by atoms with E-state index >= 15 is 0 Å². The van der Waals surface area contributed by atoms with E-state index < -0.39 is 6.10 Å². The summed E-state index contributed by atoms with van der Waals surface area (Å²) in [6, 6.07) is 3.61. The highest BCUT2D eigenvalue weighted by molar-refractivity contribution is 14.0. The lowest BCUT2D eigenvalue weighted by molar-refractivity contribution is 0.190. The molecule has 0 radical (unpaired) electrons. The van der Waals surface area contributed by atoms with E-state index in [1.807, 2.05) is 6.07 Å². The molecule has 20 heavy (non-hydrogen) atoms. The normalized spacial score (nSPS) is 18.8. The summed E-state index contributed by atoms with van der Waals surface area (Å²) in [6.07, 6.45) is 1.68. The number of halogens is 2. The molecule has 2 heterocycles. The average Bonchev–Trinajstić information content (AvgIpc) is 2.83. The number of piperidine rings is 1. The topological polar surface area (TPSA) is 61.8 Å². The molecule has 1 fully saturated rings. The summed E-state index contributed by atoms with van der Waals surface area (Å²) in [4.78, 5) is 7.21. The van der Waals surface area contributed by atoms with Crippen molar-refractivity contribution >= 4 is 52.9 Å². The van der Waals surface area contributed by atoms with Crippen LogP contribution in [0.2, 0.25) is 4.34 Å². The molecule has 2 rings (SSSR count). The van der Waals surface area contributed by atoms with Crippen molar-refractivity contribution < 1.29 is 5.11 Å². The molecule has 114 valence electrons. The summed E-state index contributed by atoms with van der Waals surface area (Å²) in [5.41, 5.74) is 5.97. The minimum Gasteiger partial charge on any atom is -0.386 e. The van der Waals surface area contributed by atoms with E-state index in [2.05, 4.69) is 16.8 Å². The third kappa shape index (κ3) is 5.05. The quantitative estimate of drug-likeness (QED) is 0.441. The van der Waals surface area contributed by atoms with Crippen LogP contribution in [0.25, 0.3) is 0 Å². The maximum atomic E-state index is 9.99. The van der Waals surface area contributed by atoms with Crippen LogP contribution in [0.3, 0.4) is 0 Å². The second-order valence-electron chi connectivity index (χ2n) is 5.03. The van der Waals surface area contributed by atoms with Crippen molar-refractivity contribution in [1.82, 2.24) is 4.90 Å². The van der Waals surface area contributed by atoms with Gasteiger partial charge in [-0.15, -0.1) is 35.3 Å². The lowest BCUT2D eigenvalue weighted by Gasteiger charge is -2.31. The van der Waals surface area contributed by atoms with Gasteiger partial charge in [-0.05, 0) is 30.9 Å². The fourth-order valence-electron chi connectivity index (χ4n) is 2.12. The third-order valence-electron chi connectivity index (χ3n) is 3.46. The summed E-state index contributed by atoms with van der Waals surface area (Å²) < 4.78 is 0.677. The number of nitrogens with zero attached hydrogens (tertiary/aromatic N) is 2. The zero-order valence-electron chi connectivity index (χ0n) is 11.5. The van der Waals surface area contributed by atoms with Crippen molar-refractivity contribution in [3.8, 4) is 0 Å². The van der Waals surface area contributed by atoms with E-state index in [1.54, 1.807) is 6.07 Å². The van der Waals surface area contributed by atoms with E-state index in [-0.39, 0.29) is 30.5 Å². The standard InChI is InChI=1S/C13H20ClN3OS.HI/c1-9-4-6-17(7-5-9)13(15)16-8-10(18)11-2-3-12(14)19-11;/h2-3,9-10,18H,4-8H2,1H3,(H2,15,16);1H. The van der Waals surface area contributed by atoms with E-state index in [1.165, 1.54) is 11.3 Å². The van der Waals surface area contributed by atoms with Gasteiger partial charge >= 0.3 is 0 Å². The summed E-state index contributed by atoms with van der Waals surface area (Å²) in [7, 11) is 0. The highest BCUT2D eigenvalue weighted by atomic mass is 127. The summed E-state index contributed by atoms with van der Waals surface area (Å²) >= 11 is 7.22. The first-order valence-electron chi connectivity index (χ1n) is 6.54. The summed E-state index contributed by atoms with van der Waals surface area (Å²) in [6.45, 7) is 4.46. The number of guanidine groups is 1. The van der Waals surface area contributed by atoms with Crippen LogP contribution < -0.4 is 5.73 Å². The Morgan fingerprint density at radius 2 is 2.20 bits per heavy atom. The van der Waals surface area contributed by atoms with Gasteiger partial charge in [-0.3, -0.25) is 4.99 Å². The molecule has 0 amide bonds. The van der Waals surface area contributed by atoms with Gasteiger partial charge in [0.05, 0.1) is 10.9 Å². The highest BCUT2D eigenvalue weighted by Crippen LogP contribution is 2.27. The number of likely N-dealkylation sites (tertiary alicyclic amines) is 1. The molecule has 1 saturated heterocycles. The second-order valence-corrected chi connectivity index (χ2v) is 6.77. The fourth-order valence-corrected chi connectivity index (χ4v) is 3.15. The van der Waals surface area contributed by atoms with Crippen LogP contribution in [0.4, 0.5) is 0 Å². The molecule has 0 aliphatic carbocycles. The summed E-state index contributed by atoms with van der Waals surface area (Å²) in [5, 5.41) is 9.99. The van der Waals surface area contributed by atoms with E-state index in [9.17, 15) is 5.11 Å². The second kappa shape index (κ2) is 8.41. The minimum atomic E-state index is -0.625. The number of hydrogen-bond donors (Lipinski definition) is 2. The average molecular weight is 430 g/mol. The SMILES string of the molecule is CC1CCN(C(N)=NCC(O)c2ccc(Cl)s2)CC1.I. The van der Waals surface area contributed by atoms with Crippen molar-refractivity contribution in [3.63, 3.8) is 0 Å². The van der Waals surface area contributed by atoms with Crippen LogP contribution >= 0.6 is 46.9 Å². The number of rotatable bonds is 3. The molecular weight excluding hydrogens is 409 g/mol. The van der Waals surface area contributed by atoms with Crippen molar-refractivity contribution in [3.05, 3.63) is 21.3 Å². The van der Waals surface area contributed by atoms with Gasteiger partial charge in [0.15, 0.2) is 5.96 Å². The Bertz CT molecular complexity index is 447. The first-order valence-corrected chi connectivity index (χ1v) is 7.74. The monoisotopic (exact) mass is 429 g/mol. The number of aliphatic hydroxyl groups is 1. The lowest BCUT2D eigenvalue weighted by Crippen LogP contribution is -2.42. The van der Waals surface area contributed by atoms with Crippen LogP contribution in [0.5, 0.6) is 0 Å². The molecule has 7 heteroatoms. The smallest absolute Gasteiger partial charge is 0.191 e. The van der Waals surface area contributed by atoms with Crippen LogP contribution in [-0.4, -0.2) is 35.6 Å². The predicted molar refractivity (Wildman–Crippen MR) is 96.2 cm³/mol. The molecule has 0 bridgehead atoms. The van der Waals surface area contributed by atoms with Gasteiger partial charge in [0.2, 0.25) is 0 Å². The maximum Gasteiger partial charge on any atom is 0.191 e. The van der Waals surface area contributed by atoms with Gasteiger partial charge < -0.3 is 15.7 Å². The fraction of sp³-hybridized carbons (Fsp3) is 0.615. The number of thiophene rings is 1. The lowest BCUT2D eigenvalue weighted by atomic mass is 10.00. The molecule has 0 saturated carbocycles. The molecular formula is C13H21ClIN3OS. The minimum absolute atomic E-state index is 0. The number of aliphatic imine (C=N–C) groups is 1. The molecule has 0 aromatic carbocycles. The molecule has 3 N–H and O–H groups in total. The van der Waals surface area contributed by atoms with Gasteiger partial charge in [-0.2, -0.15) is 0 Å². The van der Waals surface area contributed by atoms with Crippen LogP contribution in [0, 0.1) is 5.92 Å². The van der Waals surface area contributed by atoms with Gasteiger partial charge in [-0.25, -0.2) is 0 Å².